The minimum Gasteiger partial charge on any atom is -0.494 e. The molecule has 34 heavy (non-hydrogen) atoms. The summed E-state index contributed by atoms with van der Waals surface area (Å²) >= 11 is 0. The molecule has 7 nitrogen and oxygen atoms in total. The zero-order valence-corrected chi connectivity index (χ0v) is 19.2. The summed E-state index contributed by atoms with van der Waals surface area (Å²) in [6.07, 6.45) is -0.0472. The molecular formula is C27H25N3O4. The van der Waals surface area contributed by atoms with Gasteiger partial charge >= 0.3 is 6.09 Å². The molecular weight excluding hydrogens is 430 g/mol. The van der Waals surface area contributed by atoms with E-state index in [0.717, 1.165) is 16.1 Å². The van der Waals surface area contributed by atoms with E-state index in [1.807, 2.05) is 67.6 Å². The van der Waals surface area contributed by atoms with Crippen molar-refractivity contribution in [2.45, 2.75) is 13.3 Å². The van der Waals surface area contributed by atoms with E-state index in [4.69, 9.17) is 14.5 Å². The normalized spacial score (nSPS) is 10.6. The number of aromatic nitrogens is 1. The summed E-state index contributed by atoms with van der Waals surface area (Å²) in [6.45, 7) is 1.97. The summed E-state index contributed by atoms with van der Waals surface area (Å²) in [6, 6.07) is 24.2. The number of rotatable bonds is 5. The van der Waals surface area contributed by atoms with Crippen LogP contribution in [0.3, 0.4) is 0 Å². The average molecular weight is 456 g/mol. The van der Waals surface area contributed by atoms with Crippen molar-refractivity contribution in [1.29, 1.82) is 0 Å². The van der Waals surface area contributed by atoms with Crippen LogP contribution in [0, 0.1) is 0 Å². The van der Waals surface area contributed by atoms with Gasteiger partial charge in [-0.15, -0.1) is 0 Å². The third-order valence-electron chi connectivity index (χ3n) is 5.51. The predicted octanol–water partition coefficient (Wildman–Crippen LogP) is 5.39. The highest BCUT2D eigenvalue weighted by Gasteiger charge is 2.27. The van der Waals surface area contributed by atoms with Crippen molar-refractivity contribution < 1.29 is 19.1 Å². The maximum Gasteiger partial charge on any atom is 0.433 e. The molecule has 1 heterocycles. The van der Waals surface area contributed by atoms with E-state index in [0.29, 0.717) is 34.5 Å². The molecule has 4 aromatic rings. The van der Waals surface area contributed by atoms with Crippen molar-refractivity contribution in [3.8, 4) is 17.0 Å². The number of methoxy groups -OCH3 is 2. The van der Waals surface area contributed by atoms with Gasteiger partial charge in [0.1, 0.15) is 5.69 Å². The third-order valence-corrected chi connectivity index (χ3v) is 5.51. The maximum atomic E-state index is 13.8. The van der Waals surface area contributed by atoms with E-state index in [1.165, 1.54) is 14.2 Å². The van der Waals surface area contributed by atoms with Crippen LogP contribution in [0.4, 0.5) is 10.5 Å². The summed E-state index contributed by atoms with van der Waals surface area (Å²) < 4.78 is 10.7. The number of anilines is 1. The van der Waals surface area contributed by atoms with Crippen molar-refractivity contribution in [1.82, 2.24) is 10.4 Å². The number of hydrogen-bond acceptors (Lipinski definition) is 5. The Morgan fingerprint density at radius 1 is 0.912 bits per heavy atom. The van der Waals surface area contributed by atoms with E-state index in [9.17, 15) is 9.59 Å². The topological polar surface area (TPSA) is 80.8 Å². The smallest absolute Gasteiger partial charge is 0.433 e. The van der Waals surface area contributed by atoms with E-state index in [1.54, 1.807) is 18.2 Å². The Kier molecular flexibility index (Phi) is 6.73. The maximum absolute atomic E-state index is 13.8. The van der Waals surface area contributed by atoms with Gasteiger partial charge in [-0.3, -0.25) is 10.2 Å². The fraction of sp³-hybridized carbons (Fsp3) is 0.148. The van der Waals surface area contributed by atoms with Gasteiger partial charge in [-0.2, -0.15) is 5.01 Å². The van der Waals surface area contributed by atoms with Crippen molar-refractivity contribution in [2.75, 3.05) is 19.2 Å². The molecule has 0 radical (unpaired) electrons. The number of nitrogens with zero attached hydrogens (tertiary/aromatic N) is 2. The van der Waals surface area contributed by atoms with Crippen LogP contribution in [0.15, 0.2) is 78.9 Å². The van der Waals surface area contributed by atoms with Gasteiger partial charge in [0.2, 0.25) is 0 Å². The second kappa shape index (κ2) is 10.0. The molecule has 0 fully saturated rings. The molecule has 0 spiro atoms. The number of carbonyl (C=O) groups is 2. The standard InChI is InChI=1S/C27H25N3O4/c1-4-18-12-8-11-17-22(18)30(27(32)34-3)29-26(31)23-20-15-9-10-16-21(20)28-24(25(23)33-2)19-13-6-5-7-14-19/h5-17H,4H2,1-3H3,(H,29,31). The number of ether oxygens (including phenoxy) is 2. The first-order valence-corrected chi connectivity index (χ1v) is 10.9. The number of hydrazine groups is 1. The van der Waals surface area contributed by atoms with Gasteiger partial charge in [0.25, 0.3) is 5.91 Å². The summed E-state index contributed by atoms with van der Waals surface area (Å²) in [4.78, 5) is 31.2. The highest BCUT2D eigenvalue weighted by Crippen LogP contribution is 2.36. The van der Waals surface area contributed by atoms with Crippen molar-refractivity contribution in [3.63, 3.8) is 0 Å². The number of carbonyl (C=O) groups excluding carboxylic acids is 2. The highest BCUT2D eigenvalue weighted by molar-refractivity contribution is 6.12. The molecule has 0 aliphatic rings. The first-order chi connectivity index (χ1) is 16.6. The number of hydrogen-bond donors (Lipinski definition) is 1. The molecule has 7 heteroatoms. The summed E-state index contributed by atoms with van der Waals surface area (Å²) in [5, 5.41) is 1.72. The van der Waals surface area contributed by atoms with Gasteiger partial charge in [0.15, 0.2) is 5.75 Å². The van der Waals surface area contributed by atoms with Crippen molar-refractivity contribution in [2.24, 2.45) is 0 Å². The Hall–Kier alpha value is -4.39. The molecule has 1 N–H and O–H groups in total. The van der Waals surface area contributed by atoms with Crippen LogP contribution in [0.1, 0.15) is 22.8 Å². The third kappa shape index (κ3) is 4.28. The van der Waals surface area contributed by atoms with Gasteiger partial charge in [0, 0.05) is 10.9 Å². The molecule has 172 valence electrons. The quantitative estimate of drug-likeness (QED) is 0.408. The Balaban J connectivity index is 1.88. The minimum absolute atomic E-state index is 0.273. The Morgan fingerprint density at radius 3 is 2.29 bits per heavy atom. The molecule has 1 aromatic heterocycles. The molecule has 0 unspecified atom stereocenters. The summed E-state index contributed by atoms with van der Waals surface area (Å²) in [5.41, 5.74) is 6.39. The van der Waals surface area contributed by atoms with Crippen molar-refractivity contribution >= 4 is 28.6 Å². The van der Waals surface area contributed by atoms with Crippen LogP contribution in [-0.4, -0.2) is 31.2 Å². The van der Waals surface area contributed by atoms with Gasteiger partial charge in [0.05, 0.1) is 31.0 Å². The molecule has 0 saturated carbocycles. The monoisotopic (exact) mass is 455 g/mol. The van der Waals surface area contributed by atoms with Crippen LogP contribution < -0.4 is 15.2 Å². The van der Waals surface area contributed by atoms with Crippen LogP contribution in [0.25, 0.3) is 22.2 Å². The van der Waals surface area contributed by atoms with Gasteiger partial charge in [-0.1, -0.05) is 73.7 Å². The van der Waals surface area contributed by atoms with Gasteiger partial charge in [-0.25, -0.2) is 9.78 Å². The second-order valence-corrected chi connectivity index (χ2v) is 7.48. The van der Waals surface area contributed by atoms with Crippen LogP contribution >= 0.6 is 0 Å². The lowest BCUT2D eigenvalue weighted by Crippen LogP contribution is -2.47. The number of pyridine rings is 1. The molecule has 0 aliphatic carbocycles. The lowest BCUT2D eigenvalue weighted by molar-refractivity contribution is 0.0939. The molecule has 0 atom stereocenters. The Labute approximate surface area is 197 Å². The van der Waals surface area contributed by atoms with Crippen LogP contribution in [0.5, 0.6) is 5.75 Å². The largest absolute Gasteiger partial charge is 0.494 e. The highest BCUT2D eigenvalue weighted by atomic mass is 16.5. The fourth-order valence-corrected chi connectivity index (χ4v) is 3.89. The lowest BCUT2D eigenvalue weighted by atomic mass is 10.0. The van der Waals surface area contributed by atoms with Crippen LogP contribution in [0.2, 0.25) is 0 Å². The SMILES string of the molecule is CCc1ccccc1N(NC(=O)c1c(OC)c(-c2ccccc2)nc2ccccc12)C(=O)OC. The Morgan fingerprint density at radius 2 is 1.59 bits per heavy atom. The van der Waals surface area contributed by atoms with E-state index < -0.39 is 12.0 Å². The number of aryl methyl sites for hydroxylation is 1. The first kappa shape index (κ1) is 22.8. The zero-order chi connectivity index (χ0) is 24.1. The second-order valence-electron chi connectivity index (χ2n) is 7.48. The predicted molar refractivity (Wildman–Crippen MR) is 132 cm³/mol. The molecule has 3 aromatic carbocycles. The molecule has 0 saturated heterocycles. The zero-order valence-electron chi connectivity index (χ0n) is 19.2. The number of fused-ring (bicyclic) bond motifs is 1. The van der Waals surface area contributed by atoms with Crippen molar-refractivity contribution in [3.05, 3.63) is 90.0 Å². The van der Waals surface area contributed by atoms with E-state index in [-0.39, 0.29) is 5.56 Å². The van der Waals surface area contributed by atoms with Gasteiger partial charge in [-0.05, 0) is 24.1 Å². The van der Waals surface area contributed by atoms with E-state index >= 15 is 0 Å². The first-order valence-electron chi connectivity index (χ1n) is 10.9. The van der Waals surface area contributed by atoms with Crippen LogP contribution in [-0.2, 0) is 11.2 Å². The summed E-state index contributed by atoms with van der Waals surface area (Å²) in [7, 11) is 2.77. The number of benzene rings is 3. The number of nitrogens with one attached hydrogen (secondary N) is 1. The number of amides is 2. The van der Waals surface area contributed by atoms with E-state index in [2.05, 4.69) is 5.43 Å². The fourth-order valence-electron chi connectivity index (χ4n) is 3.89. The summed E-state index contributed by atoms with van der Waals surface area (Å²) in [5.74, 6) is -0.208. The Bertz CT molecular complexity index is 1340. The minimum atomic E-state index is -0.713. The molecule has 0 aliphatic heterocycles. The molecule has 2 amide bonds. The molecule has 4 rings (SSSR count). The average Bonchev–Trinajstić information content (AvgIpc) is 2.90. The van der Waals surface area contributed by atoms with Gasteiger partial charge < -0.3 is 9.47 Å². The number of para-hydroxylation sites is 2. The lowest BCUT2D eigenvalue weighted by Gasteiger charge is -2.25. The molecule has 0 bridgehead atoms.